The van der Waals surface area contributed by atoms with Crippen molar-refractivity contribution in [3.05, 3.63) is 0 Å². The van der Waals surface area contributed by atoms with Crippen molar-refractivity contribution in [2.24, 2.45) is 5.92 Å². The van der Waals surface area contributed by atoms with Gasteiger partial charge in [-0.3, -0.25) is 0 Å². The molecule has 19 heavy (non-hydrogen) atoms. The highest BCUT2D eigenvalue weighted by Gasteiger charge is 2.24. The Bertz CT molecular complexity index is 242. The fourth-order valence-corrected chi connectivity index (χ4v) is 2.79. The first-order valence-corrected chi connectivity index (χ1v) is 7.60. The number of ether oxygens (including phenoxy) is 1. The molecule has 0 aromatic heterocycles. The lowest BCUT2D eigenvalue weighted by molar-refractivity contribution is 0.0537. The average Bonchev–Trinajstić information content (AvgIpc) is 2.37. The van der Waals surface area contributed by atoms with E-state index in [1.54, 1.807) is 0 Å². The van der Waals surface area contributed by atoms with Crippen LogP contribution in [0, 0.1) is 5.92 Å². The molecule has 1 aliphatic rings. The summed E-state index contributed by atoms with van der Waals surface area (Å²) in [5.74, 6) is 0.775. The molecule has 1 heterocycles. The third-order valence-electron chi connectivity index (χ3n) is 3.94. The van der Waals surface area contributed by atoms with E-state index in [0.717, 1.165) is 38.6 Å². The number of rotatable bonds is 8. The molecule has 0 aliphatic carbocycles. The van der Waals surface area contributed by atoms with Crippen LogP contribution in [0.1, 0.15) is 40.0 Å². The first-order chi connectivity index (χ1) is 8.95. The number of hydrogen-bond acceptors (Lipinski definition) is 4. The predicted octanol–water partition coefficient (Wildman–Crippen LogP) is 1.48. The monoisotopic (exact) mass is 272 g/mol. The standard InChI is InChI=1S/C15H32N2O2/c1-13(2)16-15(3,12-18)7-8-17(4)11-14-5-9-19-10-6-14/h13-14,16,18H,5-12H2,1-4H3. The summed E-state index contributed by atoms with van der Waals surface area (Å²) in [6.07, 6.45) is 3.35. The van der Waals surface area contributed by atoms with E-state index in [0.29, 0.717) is 6.04 Å². The van der Waals surface area contributed by atoms with Gasteiger partial charge in [0, 0.05) is 31.3 Å². The maximum atomic E-state index is 9.57. The lowest BCUT2D eigenvalue weighted by Gasteiger charge is -2.34. The Balaban J connectivity index is 2.28. The molecule has 0 aromatic rings. The molecule has 4 heteroatoms. The molecule has 0 saturated carbocycles. The summed E-state index contributed by atoms with van der Waals surface area (Å²) in [5, 5.41) is 13.0. The van der Waals surface area contributed by atoms with Gasteiger partial charge in [0.25, 0.3) is 0 Å². The highest BCUT2D eigenvalue weighted by molar-refractivity contribution is 4.85. The molecule has 1 saturated heterocycles. The number of nitrogens with one attached hydrogen (secondary N) is 1. The van der Waals surface area contributed by atoms with Crippen molar-refractivity contribution in [2.75, 3.05) is 40.0 Å². The van der Waals surface area contributed by atoms with Crippen LogP contribution in [0.25, 0.3) is 0 Å². The third-order valence-corrected chi connectivity index (χ3v) is 3.94. The van der Waals surface area contributed by atoms with Crippen molar-refractivity contribution in [3.63, 3.8) is 0 Å². The molecular formula is C15H32N2O2. The molecule has 1 rings (SSSR count). The summed E-state index contributed by atoms with van der Waals surface area (Å²) >= 11 is 0. The second-order valence-electron chi connectivity index (χ2n) is 6.59. The van der Waals surface area contributed by atoms with Gasteiger partial charge in [0.15, 0.2) is 0 Å². The third kappa shape index (κ3) is 6.70. The van der Waals surface area contributed by atoms with Crippen molar-refractivity contribution in [2.45, 2.75) is 51.6 Å². The van der Waals surface area contributed by atoms with Crippen LogP contribution in [0.5, 0.6) is 0 Å². The van der Waals surface area contributed by atoms with E-state index < -0.39 is 0 Å². The lowest BCUT2D eigenvalue weighted by atomic mass is 9.96. The van der Waals surface area contributed by atoms with Gasteiger partial charge in [0.05, 0.1) is 6.61 Å². The van der Waals surface area contributed by atoms with Gasteiger partial charge in [-0.1, -0.05) is 13.8 Å². The average molecular weight is 272 g/mol. The molecule has 0 aromatic carbocycles. The molecule has 1 fully saturated rings. The zero-order chi connectivity index (χ0) is 14.3. The van der Waals surface area contributed by atoms with E-state index in [-0.39, 0.29) is 12.1 Å². The summed E-state index contributed by atoms with van der Waals surface area (Å²) < 4.78 is 5.40. The Kier molecular flexibility index (Phi) is 7.29. The molecule has 1 aliphatic heterocycles. The van der Waals surface area contributed by atoms with Gasteiger partial charge in [0.2, 0.25) is 0 Å². The topological polar surface area (TPSA) is 44.7 Å². The van der Waals surface area contributed by atoms with E-state index in [2.05, 4.69) is 38.0 Å². The van der Waals surface area contributed by atoms with Crippen molar-refractivity contribution in [3.8, 4) is 0 Å². The minimum atomic E-state index is -0.169. The molecule has 2 N–H and O–H groups in total. The Morgan fingerprint density at radius 3 is 2.53 bits per heavy atom. The van der Waals surface area contributed by atoms with Crippen LogP contribution in [0.15, 0.2) is 0 Å². The predicted molar refractivity (Wildman–Crippen MR) is 79.4 cm³/mol. The van der Waals surface area contributed by atoms with Crippen molar-refractivity contribution in [1.82, 2.24) is 10.2 Å². The molecule has 0 amide bonds. The van der Waals surface area contributed by atoms with E-state index >= 15 is 0 Å². The van der Waals surface area contributed by atoms with Crippen LogP contribution in [-0.2, 0) is 4.74 Å². The summed E-state index contributed by atoms with van der Waals surface area (Å²) in [6, 6.07) is 0.401. The molecule has 0 spiro atoms. The summed E-state index contributed by atoms with van der Waals surface area (Å²) in [5.41, 5.74) is -0.169. The van der Waals surface area contributed by atoms with Crippen molar-refractivity contribution in [1.29, 1.82) is 0 Å². The van der Waals surface area contributed by atoms with Gasteiger partial charge < -0.3 is 20.1 Å². The minimum absolute atomic E-state index is 0.169. The largest absolute Gasteiger partial charge is 0.394 e. The molecule has 0 bridgehead atoms. The van der Waals surface area contributed by atoms with E-state index in [4.69, 9.17) is 4.74 Å². The van der Waals surface area contributed by atoms with Crippen molar-refractivity contribution < 1.29 is 9.84 Å². The molecule has 4 nitrogen and oxygen atoms in total. The fraction of sp³-hybridized carbons (Fsp3) is 1.00. The van der Waals surface area contributed by atoms with Crippen LogP contribution < -0.4 is 5.32 Å². The Morgan fingerprint density at radius 1 is 1.37 bits per heavy atom. The van der Waals surface area contributed by atoms with Gasteiger partial charge in [-0.05, 0) is 45.7 Å². The van der Waals surface area contributed by atoms with E-state index in [1.807, 2.05) is 0 Å². The number of aliphatic hydroxyl groups is 1. The summed E-state index contributed by atoms with van der Waals surface area (Å²) in [7, 11) is 2.18. The van der Waals surface area contributed by atoms with Crippen LogP contribution >= 0.6 is 0 Å². The number of aliphatic hydroxyl groups excluding tert-OH is 1. The van der Waals surface area contributed by atoms with Crippen LogP contribution in [0.4, 0.5) is 0 Å². The second-order valence-corrected chi connectivity index (χ2v) is 6.59. The molecule has 1 atom stereocenters. The normalized spacial score (nSPS) is 21.0. The maximum absolute atomic E-state index is 9.57. The maximum Gasteiger partial charge on any atom is 0.0611 e. The fourth-order valence-electron chi connectivity index (χ4n) is 2.79. The number of hydrogen-bond donors (Lipinski definition) is 2. The molecule has 1 unspecified atom stereocenters. The van der Waals surface area contributed by atoms with Gasteiger partial charge in [-0.25, -0.2) is 0 Å². The Hall–Kier alpha value is -0.160. The Morgan fingerprint density at radius 2 is 2.00 bits per heavy atom. The first-order valence-electron chi connectivity index (χ1n) is 7.60. The second kappa shape index (κ2) is 8.20. The quantitative estimate of drug-likeness (QED) is 0.702. The lowest BCUT2D eigenvalue weighted by Crippen LogP contribution is -2.50. The number of nitrogens with zero attached hydrogens (tertiary/aromatic N) is 1. The van der Waals surface area contributed by atoms with Gasteiger partial charge >= 0.3 is 0 Å². The van der Waals surface area contributed by atoms with Crippen LogP contribution in [0.3, 0.4) is 0 Å². The van der Waals surface area contributed by atoms with Gasteiger partial charge in [-0.15, -0.1) is 0 Å². The summed E-state index contributed by atoms with van der Waals surface area (Å²) in [6.45, 7) is 10.6. The van der Waals surface area contributed by atoms with Gasteiger partial charge in [0.1, 0.15) is 0 Å². The van der Waals surface area contributed by atoms with Crippen molar-refractivity contribution >= 4 is 0 Å². The van der Waals surface area contributed by atoms with E-state index in [9.17, 15) is 5.11 Å². The molecule has 114 valence electrons. The SMILES string of the molecule is CC(C)NC(C)(CO)CCN(C)CC1CCOCC1. The first kappa shape index (κ1) is 16.9. The Labute approximate surface area is 118 Å². The van der Waals surface area contributed by atoms with Crippen LogP contribution in [0.2, 0.25) is 0 Å². The summed E-state index contributed by atoms with van der Waals surface area (Å²) in [4.78, 5) is 2.39. The zero-order valence-electron chi connectivity index (χ0n) is 13.1. The zero-order valence-corrected chi connectivity index (χ0v) is 13.1. The smallest absolute Gasteiger partial charge is 0.0611 e. The van der Waals surface area contributed by atoms with E-state index in [1.165, 1.54) is 12.8 Å². The molecular weight excluding hydrogens is 240 g/mol. The molecule has 0 radical (unpaired) electrons. The highest BCUT2D eigenvalue weighted by Crippen LogP contribution is 2.17. The van der Waals surface area contributed by atoms with Crippen LogP contribution in [-0.4, -0.2) is 61.5 Å². The minimum Gasteiger partial charge on any atom is -0.394 e. The van der Waals surface area contributed by atoms with Gasteiger partial charge in [-0.2, -0.15) is 0 Å². The highest BCUT2D eigenvalue weighted by atomic mass is 16.5.